The molecule has 0 heterocycles. The van der Waals surface area contributed by atoms with E-state index < -0.39 is 33.4 Å². The first-order valence-corrected chi connectivity index (χ1v) is 13.5. The third kappa shape index (κ3) is 8.03. The smallest absolute Gasteiger partial charge is 0.271 e. The molecule has 2 amide bonds. The molecule has 1 N–H and O–H groups in total. The van der Waals surface area contributed by atoms with Gasteiger partial charge in [-0.25, -0.2) is 8.42 Å². The van der Waals surface area contributed by atoms with Crippen molar-refractivity contribution in [1.29, 1.82) is 0 Å². The van der Waals surface area contributed by atoms with Crippen LogP contribution in [-0.4, -0.2) is 54.9 Å². The summed E-state index contributed by atoms with van der Waals surface area (Å²) in [4.78, 5) is 38.1. The number of benzene rings is 2. The summed E-state index contributed by atoms with van der Waals surface area (Å²) in [5, 5.41) is 14.0. The molecule has 2 atom stereocenters. The molecule has 2 aromatic rings. The van der Waals surface area contributed by atoms with Crippen LogP contribution < -0.4 is 9.62 Å². The predicted octanol–water partition coefficient (Wildman–Crippen LogP) is 3.46. The zero-order valence-corrected chi connectivity index (χ0v) is 22.4. The van der Waals surface area contributed by atoms with Gasteiger partial charge in [0.05, 0.1) is 16.9 Å². The Morgan fingerprint density at radius 2 is 1.77 bits per heavy atom. The lowest BCUT2D eigenvalue weighted by Gasteiger charge is -2.32. The number of anilines is 1. The van der Waals surface area contributed by atoms with Crippen molar-refractivity contribution >= 4 is 49.1 Å². The highest BCUT2D eigenvalue weighted by molar-refractivity contribution is 9.10. The first-order chi connectivity index (χ1) is 16.3. The lowest BCUT2D eigenvalue weighted by atomic mass is 10.1. The van der Waals surface area contributed by atoms with Crippen molar-refractivity contribution in [1.82, 2.24) is 10.2 Å². The van der Waals surface area contributed by atoms with E-state index in [0.29, 0.717) is 6.42 Å². The van der Waals surface area contributed by atoms with Gasteiger partial charge in [0.2, 0.25) is 21.8 Å². The normalized spacial score (nSPS) is 12.9. The summed E-state index contributed by atoms with van der Waals surface area (Å²) < 4.78 is 26.8. The molecule has 2 aromatic carbocycles. The van der Waals surface area contributed by atoms with Gasteiger partial charge in [0.1, 0.15) is 12.6 Å². The summed E-state index contributed by atoms with van der Waals surface area (Å²) in [5.41, 5.74) is 0.415. The van der Waals surface area contributed by atoms with Crippen LogP contribution in [0.4, 0.5) is 11.4 Å². The van der Waals surface area contributed by atoms with Gasteiger partial charge in [0.15, 0.2) is 0 Å². The molecule has 0 aliphatic carbocycles. The van der Waals surface area contributed by atoms with Gasteiger partial charge in [-0.1, -0.05) is 41.1 Å². The van der Waals surface area contributed by atoms with Crippen LogP contribution in [0.3, 0.4) is 0 Å². The van der Waals surface area contributed by atoms with Crippen molar-refractivity contribution in [2.75, 3.05) is 17.1 Å². The fourth-order valence-electron chi connectivity index (χ4n) is 3.21. The largest absolute Gasteiger partial charge is 0.352 e. The second-order valence-corrected chi connectivity index (χ2v) is 11.0. The third-order valence-electron chi connectivity index (χ3n) is 5.44. The van der Waals surface area contributed by atoms with Gasteiger partial charge < -0.3 is 10.2 Å². The molecule has 0 spiro atoms. The number of carbonyl (C=O) groups is 2. The van der Waals surface area contributed by atoms with Crippen LogP contribution in [0.1, 0.15) is 32.8 Å². The van der Waals surface area contributed by atoms with Gasteiger partial charge in [0, 0.05) is 29.2 Å². The highest BCUT2D eigenvalue weighted by Crippen LogP contribution is 2.24. The van der Waals surface area contributed by atoms with Crippen LogP contribution >= 0.6 is 15.9 Å². The zero-order valence-electron chi connectivity index (χ0n) is 20.0. The first kappa shape index (κ1) is 28.2. The highest BCUT2D eigenvalue weighted by atomic mass is 79.9. The summed E-state index contributed by atoms with van der Waals surface area (Å²) in [6.07, 6.45) is 1.62. The van der Waals surface area contributed by atoms with Crippen molar-refractivity contribution in [2.45, 2.75) is 45.8 Å². The lowest BCUT2D eigenvalue weighted by molar-refractivity contribution is -0.384. The maximum atomic E-state index is 13.5. The molecule has 12 heteroatoms. The van der Waals surface area contributed by atoms with E-state index in [1.54, 1.807) is 31.2 Å². The molecule has 0 aliphatic rings. The number of non-ortho nitro benzene ring substituents is 1. The Balaban J connectivity index is 2.41. The summed E-state index contributed by atoms with van der Waals surface area (Å²) in [7, 11) is -3.98. The first-order valence-electron chi connectivity index (χ1n) is 10.9. The highest BCUT2D eigenvalue weighted by Gasteiger charge is 2.30. The molecule has 0 fully saturated rings. The number of hydrogen-bond donors (Lipinski definition) is 1. The van der Waals surface area contributed by atoms with Crippen LogP contribution in [0.5, 0.6) is 0 Å². The average Bonchev–Trinajstić information content (AvgIpc) is 2.80. The number of nitro groups is 1. The van der Waals surface area contributed by atoms with E-state index in [4.69, 9.17) is 0 Å². The number of rotatable bonds is 11. The summed E-state index contributed by atoms with van der Waals surface area (Å²) in [6, 6.07) is 11.2. The Labute approximate surface area is 213 Å². The van der Waals surface area contributed by atoms with E-state index in [1.807, 2.05) is 13.8 Å². The summed E-state index contributed by atoms with van der Waals surface area (Å²) in [5.74, 6) is -0.997. The number of nitrogens with zero attached hydrogens (tertiary/aromatic N) is 3. The Hall–Kier alpha value is -2.99. The van der Waals surface area contributed by atoms with Crippen molar-refractivity contribution < 1.29 is 22.9 Å². The Kier molecular flexibility index (Phi) is 9.78. The Bertz CT molecular complexity index is 1170. The van der Waals surface area contributed by atoms with Gasteiger partial charge in [-0.05, 0) is 44.0 Å². The van der Waals surface area contributed by atoms with Gasteiger partial charge in [-0.15, -0.1) is 0 Å². The molecule has 190 valence electrons. The van der Waals surface area contributed by atoms with Gasteiger partial charge in [-0.3, -0.25) is 24.0 Å². The molecule has 0 radical (unpaired) electrons. The molecule has 0 bridgehead atoms. The maximum absolute atomic E-state index is 13.5. The fraction of sp³-hybridized carbons (Fsp3) is 0.391. The molecular formula is C23H29BrN4O6S. The zero-order chi connectivity index (χ0) is 26.3. The standard InChI is InChI=1S/C23H29BrN4O6S/c1-5-16(2)25-23(30)17(3)26(14-18-9-11-19(24)12-10-18)22(29)15-27(35(4,33)34)20-7-6-8-21(13-20)28(31)32/h6-13,16-17H,5,14-15H2,1-4H3,(H,25,30)/t16-,17+/m1/s1. The number of hydrogen-bond acceptors (Lipinski definition) is 6. The number of nitrogens with one attached hydrogen (secondary N) is 1. The minimum atomic E-state index is -3.98. The quantitative estimate of drug-likeness (QED) is 0.326. The second kappa shape index (κ2) is 12.1. The molecule has 0 aliphatic heterocycles. The molecule has 0 aromatic heterocycles. The van der Waals surface area contributed by atoms with Crippen LogP contribution in [0.25, 0.3) is 0 Å². The van der Waals surface area contributed by atoms with Crippen LogP contribution in [0.2, 0.25) is 0 Å². The average molecular weight is 569 g/mol. The lowest BCUT2D eigenvalue weighted by Crippen LogP contribution is -2.52. The fourth-order valence-corrected chi connectivity index (χ4v) is 4.32. The van der Waals surface area contributed by atoms with Crippen LogP contribution in [0, 0.1) is 10.1 Å². The van der Waals surface area contributed by atoms with E-state index in [0.717, 1.165) is 26.7 Å². The number of halogens is 1. The monoisotopic (exact) mass is 568 g/mol. The topological polar surface area (TPSA) is 130 Å². The molecule has 2 rings (SSSR count). The van der Waals surface area contributed by atoms with Crippen molar-refractivity contribution in [2.24, 2.45) is 0 Å². The number of nitro benzene ring substituents is 1. The minimum Gasteiger partial charge on any atom is -0.352 e. The summed E-state index contributed by atoms with van der Waals surface area (Å²) in [6.45, 7) is 4.78. The SMILES string of the molecule is CC[C@@H](C)NC(=O)[C@H](C)N(Cc1ccc(Br)cc1)C(=O)CN(c1cccc([N+](=O)[O-])c1)S(C)(=O)=O. The maximum Gasteiger partial charge on any atom is 0.271 e. The van der Waals surface area contributed by atoms with Crippen molar-refractivity contribution in [3.05, 3.63) is 68.7 Å². The Morgan fingerprint density at radius 1 is 1.14 bits per heavy atom. The van der Waals surface area contributed by atoms with E-state index in [2.05, 4.69) is 21.2 Å². The molecular weight excluding hydrogens is 540 g/mol. The third-order valence-corrected chi connectivity index (χ3v) is 7.11. The van der Waals surface area contributed by atoms with Gasteiger partial charge in [-0.2, -0.15) is 0 Å². The van der Waals surface area contributed by atoms with Gasteiger partial charge >= 0.3 is 0 Å². The van der Waals surface area contributed by atoms with Crippen LogP contribution in [-0.2, 0) is 26.2 Å². The van der Waals surface area contributed by atoms with E-state index >= 15 is 0 Å². The Morgan fingerprint density at radius 3 is 2.31 bits per heavy atom. The van der Waals surface area contributed by atoms with Crippen LogP contribution in [0.15, 0.2) is 53.0 Å². The number of carbonyl (C=O) groups excluding carboxylic acids is 2. The molecule has 10 nitrogen and oxygen atoms in total. The summed E-state index contributed by atoms with van der Waals surface area (Å²) >= 11 is 3.36. The molecule has 0 unspecified atom stereocenters. The van der Waals surface area contributed by atoms with E-state index in [9.17, 15) is 28.1 Å². The van der Waals surface area contributed by atoms with E-state index in [-0.39, 0.29) is 29.9 Å². The minimum absolute atomic E-state index is 0.0182. The molecule has 0 saturated heterocycles. The molecule has 35 heavy (non-hydrogen) atoms. The molecule has 0 saturated carbocycles. The van der Waals surface area contributed by atoms with Crippen molar-refractivity contribution in [3.8, 4) is 0 Å². The number of sulfonamides is 1. The number of amides is 2. The predicted molar refractivity (Wildman–Crippen MR) is 137 cm³/mol. The second-order valence-electron chi connectivity index (χ2n) is 8.19. The van der Waals surface area contributed by atoms with E-state index in [1.165, 1.54) is 23.1 Å². The van der Waals surface area contributed by atoms with Crippen molar-refractivity contribution in [3.63, 3.8) is 0 Å². The van der Waals surface area contributed by atoms with Gasteiger partial charge in [0.25, 0.3) is 5.69 Å².